The van der Waals surface area contributed by atoms with Crippen molar-refractivity contribution < 1.29 is 8.78 Å². The van der Waals surface area contributed by atoms with Crippen molar-refractivity contribution in [2.45, 2.75) is 45.0 Å². The molecule has 0 saturated heterocycles. The lowest BCUT2D eigenvalue weighted by molar-refractivity contribution is 0.0340. The van der Waals surface area contributed by atoms with Crippen LogP contribution in [-0.4, -0.2) is 6.43 Å². The zero-order chi connectivity index (χ0) is 9.68. The van der Waals surface area contributed by atoms with Crippen LogP contribution in [0.2, 0.25) is 0 Å². The maximum Gasteiger partial charge on any atom is 0.242 e. The molecule has 3 heteroatoms. The van der Waals surface area contributed by atoms with Gasteiger partial charge in [-0.1, -0.05) is 19.3 Å². The van der Waals surface area contributed by atoms with Crippen LogP contribution in [0.1, 0.15) is 38.5 Å². The first-order valence-electron chi connectivity index (χ1n) is 4.91. The SMILES string of the molecule is N#CCC(C(F)F)C1CCCCC1. The van der Waals surface area contributed by atoms with Gasteiger partial charge in [0, 0.05) is 12.3 Å². The minimum absolute atomic E-state index is 0.0162. The average Bonchev–Trinajstić information content (AvgIpc) is 2.15. The predicted molar refractivity (Wildman–Crippen MR) is 46.3 cm³/mol. The third-order valence-electron chi connectivity index (χ3n) is 2.91. The first kappa shape index (κ1) is 10.4. The fourth-order valence-corrected chi connectivity index (χ4v) is 2.13. The molecular formula is C10H15F2N. The number of hydrogen-bond acceptors (Lipinski definition) is 1. The average molecular weight is 187 g/mol. The van der Waals surface area contributed by atoms with Crippen molar-refractivity contribution in [3.63, 3.8) is 0 Å². The highest BCUT2D eigenvalue weighted by Gasteiger charge is 2.30. The second-order valence-corrected chi connectivity index (χ2v) is 3.76. The summed E-state index contributed by atoms with van der Waals surface area (Å²) in [5.74, 6) is -0.585. The van der Waals surface area contributed by atoms with E-state index in [0.29, 0.717) is 0 Å². The molecule has 0 spiro atoms. The molecule has 0 N–H and O–H groups in total. The van der Waals surface area contributed by atoms with Crippen LogP contribution in [0.4, 0.5) is 8.78 Å². The van der Waals surface area contributed by atoms with E-state index in [2.05, 4.69) is 0 Å². The molecule has 1 fully saturated rings. The van der Waals surface area contributed by atoms with Crippen LogP contribution in [0.25, 0.3) is 0 Å². The number of alkyl halides is 2. The molecule has 0 amide bonds. The lowest BCUT2D eigenvalue weighted by atomic mass is 9.79. The van der Waals surface area contributed by atoms with Crippen molar-refractivity contribution >= 4 is 0 Å². The molecule has 0 aromatic carbocycles. The number of halogens is 2. The molecule has 0 bridgehead atoms. The van der Waals surface area contributed by atoms with Crippen molar-refractivity contribution in [2.75, 3.05) is 0 Å². The Balaban J connectivity index is 2.47. The molecule has 1 atom stereocenters. The molecule has 1 aliphatic rings. The first-order chi connectivity index (χ1) is 6.25. The summed E-state index contributed by atoms with van der Waals surface area (Å²) in [4.78, 5) is 0. The van der Waals surface area contributed by atoms with Crippen LogP contribution >= 0.6 is 0 Å². The molecular weight excluding hydrogens is 172 g/mol. The Morgan fingerprint density at radius 2 is 1.85 bits per heavy atom. The normalized spacial score (nSPS) is 21.4. The van der Waals surface area contributed by atoms with E-state index in [1.807, 2.05) is 6.07 Å². The Hall–Kier alpha value is -0.650. The standard InChI is InChI=1S/C10H15F2N/c11-10(12)9(6-7-13)8-4-2-1-3-5-8/h8-10H,1-6H2. The molecule has 0 radical (unpaired) electrons. The van der Waals surface area contributed by atoms with E-state index in [1.54, 1.807) is 0 Å². The summed E-state index contributed by atoms with van der Waals surface area (Å²) in [7, 11) is 0. The lowest BCUT2D eigenvalue weighted by Crippen LogP contribution is -2.23. The largest absolute Gasteiger partial charge is 0.242 e. The molecule has 0 heterocycles. The fourth-order valence-electron chi connectivity index (χ4n) is 2.13. The van der Waals surface area contributed by atoms with Crippen molar-refractivity contribution in [1.29, 1.82) is 5.26 Å². The number of hydrogen-bond donors (Lipinski definition) is 0. The molecule has 13 heavy (non-hydrogen) atoms. The quantitative estimate of drug-likeness (QED) is 0.664. The molecule has 0 aromatic heterocycles. The van der Waals surface area contributed by atoms with Crippen LogP contribution in [-0.2, 0) is 0 Å². The van der Waals surface area contributed by atoms with Crippen LogP contribution in [0.5, 0.6) is 0 Å². The third kappa shape index (κ3) is 2.95. The van der Waals surface area contributed by atoms with Crippen LogP contribution < -0.4 is 0 Å². The summed E-state index contributed by atoms with van der Waals surface area (Å²) >= 11 is 0. The summed E-state index contributed by atoms with van der Waals surface area (Å²) in [6.07, 6.45) is 2.75. The summed E-state index contributed by atoms with van der Waals surface area (Å²) in [5.41, 5.74) is 0. The maximum atomic E-state index is 12.5. The molecule has 0 aromatic rings. The van der Waals surface area contributed by atoms with Crippen molar-refractivity contribution in [3.05, 3.63) is 0 Å². The number of nitrogens with zero attached hydrogens (tertiary/aromatic N) is 1. The van der Waals surface area contributed by atoms with E-state index < -0.39 is 12.3 Å². The van der Waals surface area contributed by atoms with Gasteiger partial charge in [0.2, 0.25) is 6.43 Å². The Morgan fingerprint density at radius 3 is 2.31 bits per heavy atom. The van der Waals surface area contributed by atoms with Crippen molar-refractivity contribution in [3.8, 4) is 6.07 Å². The van der Waals surface area contributed by atoms with Crippen LogP contribution in [0.15, 0.2) is 0 Å². The summed E-state index contributed by atoms with van der Waals surface area (Å²) in [5, 5.41) is 8.43. The van der Waals surface area contributed by atoms with Gasteiger partial charge in [-0.2, -0.15) is 5.26 Å². The molecule has 1 aliphatic carbocycles. The highest BCUT2D eigenvalue weighted by Crippen LogP contribution is 2.34. The minimum atomic E-state index is -2.32. The Morgan fingerprint density at radius 1 is 1.23 bits per heavy atom. The second kappa shape index (κ2) is 5.16. The molecule has 1 rings (SSSR count). The number of rotatable bonds is 3. The Labute approximate surface area is 77.7 Å². The van der Waals surface area contributed by atoms with E-state index in [0.717, 1.165) is 25.7 Å². The first-order valence-corrected chi connectivity index (χ1v) is 4.91. The van der Waals surface area contributed by atoms with Gasteiger partial charge in [-0.05, 0) is 18.8 Å². The van der Waals surface area contributed by atoms with Gasteiger partial charge in [0.15, 0.2) is 0 Å². The highest BCUT2D eigenvalue weighted by atomic mass is 19.3. The zero-order valence-electron chi connectivity index (χ0n) is 7.68. The van der Waals surface area contributed by atoms with Gasteiger partial charge in [-0.15, -0.1) is 0 Å². The van der Waals surface area contributed by atoms with Gasteiger partial charge < -0.3 is 0 Å². The molecule has 1 nitrogen and oxygen atoms in total. The van der Waals surface area contributed by atoms with E-state index in [1.165, 1.54) is 6.42 Å². The monoisotopic (exact) mass is 187 g/mol. The van der Waals surface area contributed by atoms with E-state index >= 15 is 0 Å². The van der Waals surface area contributed by atoms with E-state index in [9.17, 15) is 8.78 Å². The zero-order valence-corrected chi connectivity index (χ0v) is 7.68. The smallest absolute Gasteiger partial charge is 0.210 e. The van der Waals surface area contributed by atoms with Gasteiger partial charge in [-0.25, -0.2) is 8.78 Å². The van der Waals surface area contributed by atoms with Gasteiger partial charge >= 0.3 is 0 Å². The maximum absolute atomic E-state index is 12.5. The second-order valence-electron chi connectivity index (χ2n) is 3.76. The third-order valence-corrected chi connectivity index (χ3v) is 2.91. The van der Waals surface area contributed by atoms with Crippen molar-refractivity contribution in [2.24, 2.45) is 11.8 Å². The Bertz CT molecular complexity index is 180. The summed E-state index contributed by atoms with van der Waals surface area (Å²) < 4.78 is 25.0. The van der Waals surface area contributed by atoms with Crippen LogP contribution in [0.3, 0.4) is 0 Å². The van der Waals surface area contributed by atoms with Gasteiger partial charge in [0.1, 0.15) is 0 Å². The topological polar surface area (TPSA) is 23.8 Å². The minimum Gasteiger partial charge on any atom is -0.210 e. The Kier molecular flexibility index (Phi) is 4.14. The summed E-state index contributed by atoms with van der Waals surface area (Å²) in [6, 6.07) is 1.87. The predicted octanol–water partition coefficient (Wildman–Crippen LogP) is 3.36. The van der Waals surface area contributed by atoms with E-state index in [4.69, 9.17) is 5.26 Å². The van der Waals surface area contributed by atoms with Gasteiger partial charge in [-0.3, -0.25) is 0 Å². The van der Waals surface area contributed by atoms with Crippen molar-refractivity contribution in [1.82, 2.24) is 0 Å². The lowest BCUT2D eigenvalue weighted by Gasteiger charge is -2.28. The summed E-state index contributed by atoms with van der Waals surface area (Å²) in [6.45, 7) is 0. The van der Waals surface area contributed by atoms with Gasteiger partial charge in [0.25, 0.3) is 0 Å². The number of nitriles is 1. The molecule has 74 valence electrons. The molecule has 1 saturated carbocycles. The molecule has 1 unspecified atom stereocenters. The van der Waals surface area contributed by atoms with Crippen LogP contribution in [0, 0.1) is 23.2 Å². The highest BCUT2D eigenvalue weighted by molar-refractivity contribution is 4.83. The van der Waals surface area contributed by atoms with Gasteiger partial charge in [0.05, 0.1) is 6.07 Å². The fraction of sp³-hybridized carbons (Fsp3) is 0.900. The van der Waals surface area contributed by atoms with E-state index in [-0.39, 0.29) is 12.3 Å². The molecule has 0 aliphatic heterocycles.